The van der Waals surface area contributed by atoms with Gasteiger partial charge in [-0.05, 0) is 35.6 Å². The van der Waals surface area contributed by atoms with Crippen molar-refractivity contribution in [2.75, 3.05) is 5.32 Å². The summed E-state index contributed by atoms with van der Waals surface area (Å²) in [5.41, 5.74) is 0.990. The van der Waals surface area contributed by atoms with Gasteiger partial charge in [0.1, 0.15) is 0 Å². The van der Waals surface area contributed by atoms with Crippen molar-refractivity contribution in [1.82, 2.24) is 4.98 Å². The minimum atomic E-state index is -1.17. The van der Waals surface area contributed by atoms with Gasteiger partial charge in [0, 0.05) is 6.20 Å². The van der Waals surface area contributed by atoms with Gasteiger partial charge in [-0.15, -0.1) is 11.3 Å². The molecule has 0 fully saturated rings. The maximum absolute atomic E-state index is 12.1. The molecule has 0 aliphatic rings. The average molecular weight is 276 g/mol. The molecule has 0 radical (unpaired) electrons. The molecule has 0 unspecified atom stereocenters. The van der Waals surface area contributed by atoms with Gasteiger partial charge in [-0.3, -0.25) is 4.79 Å². The second kappa shape index (κ2) is 5.62. The van der Waals surface area contributed by atoms with E-state index in [1.54, 1.807) is 6.07 Å². The van der Waals surface area contributed by atoms with Gasteiger partial charge >= 0.3 is 5.97 Å². The summed E-state index contributed by atoms with van der Waals surface area (Å²) in [6.45, 7) is 1.96. The summed E-state index contributed by atoms with van der Waals surface area (Å²) in [4.78, 5) is 27.5. The maximum atomic E-state index is 12.1. The quantitative estimate of drug-likeness (QED) is 0.899. The minimum absolute atomic E-state index is 0.162. The highest BCUT2D eigenvalue weighted by atomic mass is 32.1. The van der Waals surface area contributed by atoms with Crippen molar-refractivity contribution in [3.05, 3.63) is 45.9 Å². The number of hydrogen-bond donors (Lipinski definition) is 2. The van der Waals surface area contributed by atoms with Crippen LogP contribution in [-0.2, 0) is 6.42 Å². The van der Waals surface area contributed by atoms with Crippen molar-refractivity contribution in [3.8, 4) is 0 Å². The van der Waals surface area contributed by atoms with Gasteiger partial charge in [0.2, 0.25) is 0 Å². The van der Waals surface area contributed by atoms with Crippen LogP contribution in [0.3, 0.4) is 0 Å². The van der Waals surface area contributed by atoms with Crippen molar-refractivity contribution in [2.45, 2.75) is 13.3 Å². The summed E-state index contributed by atoms with van der Waals surface area (Å²) in [5.74, 6) is -1.47. The van der Waals surface area contributed by atoms with Gasteiger partial charge in [0.25, 0.3) is 5.91 Å². The highest BCUT2D eigenvalue weighted by Crippen LogP contribution is 2.20. The highest BCUT2D eigenvalue weighted by Gasteiger charge is 2.16. The standard InChI is InChI=1S/C13H12N2O3S/c1-2-8-5-7-19-11(8)12(16)15-9-4-3-6-14-10(9)13(17)18/h3-7H,2H2,1H3,(H,15,16)(H,17,18). The van der Waals surface area contributed by atoms with Crippen molar-refractivity contribution in [1.29, 1.82) is 0 Å². The van der Waals surface area contributed by atoms with Crippen molar-refractivity contribution in [3.63, 3.8) is 0 Å². The van der Waals surface area contributed by atoms with Crippen LogP contribution < -0.4 is 5.32 Å². The van der Waals surface area contributed by atoms with Gasteiger partial charge in [0.05, 0.1) is 10.6 Å². The third kappa shape index (κ3) is 2.79. The number of aromatic nitrogens is 1. The van der Waals surface area contributed by atoms with Crippen LogP contribution in [-0.4, -0.2) is 22.0 Å². The van der Waals surface area contributed by atoms with E-state index in [1.807, 2.05) is 18.4 Å². The Morgan fingerprint density at radius 3 is 2.89 bits per heavy atom. The third-order valence-electron chi connectivity index (χ3n) is 2.59. The molecule has 0 aromatic carbocycles. The Kier molecular flexibility index (Phi) is 3.91. The molecule has 19 heavy (non-hydrogen) atoms. The number of nitrogens with zero attached hydrogens (tertiary/aromatic N) is 1. The van der Waals surface area contributed by atoms with Crippen LogP contribution in [0.15, 0.2) is 29.8 Å². The summed E-state index contributed by atoms with van der Waals surface area (Å²) in [5, 5.41) is 13.4. The summed E-state index contributed by atoms with van der Waals surface area (Å²) in [7, 11) is 0. The Morgan fingerprint density at radius 2 is 2.21 bits per heavy atom. The van der Waals surface area contributed by atoms with E-state index in [2.05, 4.69) is 10.3 Å². The lowest BCUT2D eigenvalue weighted by atomic mass is 10.2. The second-order valence-electron chi connectivity index (χ2n) is 3.79. The van der Waals surface area contributed by atoms with Gasteiger partial charge < -0.3 is 10.4 Å². The molecule has 98 valence electrons. The Labute approximate surface area is 113 Å². The van der Waals surface area contributed by atoms with Crippen LogP contribution in [0.4, 0.5) is 5.69 Å². The molecule has 2 aromatic rings. The first-order valence-electron chi connectivity index (χ1n) is 5.69. The summed E-state index contributed by atoms with van der Waals surface area (Å²) in [6.07, 6.45) is 2.13. The lowest BCUT2D eigenvalue weighted by molar-refractivity contribution is 0.0692. The van der Waals surface area contributed by atoms with Crippen LogP contribution in [0.1, 0.15) is 32.6 Å². The molecule has 0 bridgehead atoms. The molecule has 1 amide bonds. The smallest absolute Gasteiger partial charge is 0.356 e. The Hall–Kier alpha value is -2.21. The fourth-order valence-electron chi connectivity index (χ4n) is 1.67. The number of nitrogens with one attached hydrogen (secondary N) is 1. The number of carboxylic acid groups (broad SMARTS) is 1. The monoisotopic (exact) mass is 276 g/mol. The van der Waals surface area contributed by atoms with Crippen molar-refractivity contribution < 1.29 is 14.7 Å². The van der Waals surface area contributed by atoms with Crippen LogP contribution in [0.5, 0.6) is 0 Å². The number of pyridine rings is 1. The number of carbonyl (C=O) groups is 2. The van der Waals surface area contributed by atoms with E-state index in [1.165, 1.54) is 23.6 Å². The predicted molar refractivity (Wildman–Crippen MR) is 72.8 cm³/mol. The zero-order chi connectivity index (χ0) is 13.8. The van der Waals surface area contributed by atoms with Gasteiger partial charge in [0.15, 0.2) is 5.69 Å². The Bertz CT molecular complexity index is 622. The minimum Gasteiger partial charge on any atom is -0.476 e. The molecule has 2 heterocycles. The number of aromatic carboxylic acids is 1. The lowest BCUT2D eigenvalue weighted by Gasteiger charge is -2.07. The number of hydrogen-bond acceptors (Lipinski definition) is 4. The van der Waals surface area contributed by atoms with E-state index in [0.717, 1.165) is 12.0 Å². The molecule has 2 rings (SSSR count). The molecule has 0 spiro atoms. The number of anilines is 1. The van der Waals surface area contributed by atoms with E-state index in [9.17, 15) is 9.59 Å². The van der Waals surface area contributed by atoms with Crippen LogP contribution in [0.2, 0.25) is 0 Å². The average Bonchev–Trinajstić information content (AvgIpc) is 2.87. The van der Waals surface area contributed by atoms with Crippen LogP contribution in [0, 0.1) is 0 Å². The Morgan fingerprint density at radius 1 is 1.42 bits per heavy atom. The van der Waals surface area contributed by atoms with Gasteiger partial charge in [-0.25, -0.2) is 9.78 Å². The van der Waals surface area contributed by atoms with E-state index in [-0.39, 0.29) is 17.3 Å². The predicted octanol–water partition coefficient (Wildman–Crippen LogP) is 2.66. The van der Waals surface area contributed by atoms with Crippen molar-refractivity contribution >= 4 is 28.9 Å². The Balaban J connectivity index is 2.27. The van der Waals surface area contributed by atoms with Gasteiger partial charge in [-0.1, -0.05) is 6.92 Å². The van der Waals surface area contributed by atoms with E-state index < -0.39 is 5.97 Å². The number of amides is 1. The molecule has 0 saturated heterocycles. The number of thiophene rings is 1. The molecule has 0 aliphatic carbocycles. The number of carbonyl (C=O) groups excluding carboxylic acids is 1. The molecular formula is C13H12N2O3S. The van der Waals surface area contributed by atoms with Crippen molar-refractivity contribution in [2.24, 2.45) is 0 Å². The molecule has 0 atom stereocenters. The zero-order valence-electron chi connectivity index (χ0n) is 10.2. The molecule has 2 aromatic heterocycles. The summed E-state index contributed by atoms with van der Waals surface area (Å²) >= 11 is 1.34. The third-order valence-corrected chi connectivity index (χ3v) is 3.55. The first kappa shape index (κ1) is 13.2. The maximum Gasteiger partial charge on any atom is 0.356 e. The first-order chi connectivity index (χ1) is 9.13. The highest BCUT2D eigenvalue weighted by molar-refractivity contribution is 7.12. The molecule has 5 nitrogen and oxygen atoms in total. The SMILES string of the molecule is CCc1ccsc1C(=O)Nc1cccnc1C(=O)O. The summed E-state index contributed by atoms with van der Waals surface area (Å²) < 4.78 is 0. The van der Waals surface area contributed by atoms with E-state index in [0.29, 0.717) is 4.88 Å². The normalized spacial score (nSPS) is 10.2. The molecular weight excluding hydrogens is 264 g/mol. The summed E-state index contributed by atoms with van der Waals surface area (Å²) in [6, 6.07) is 4.99. The first-order valence-corrected chi connectivity index (χ1v) is 6.57. The fraction of sp³-hybridized carbons (Fsp3) is 0.154. The van der Waals surface area contributed by atoms with E-state index >= 15 is 0 Å². The number of rotatable bonds is 4. The fourth-order valence-corrected chi connectivity index (χ4v) is 2.56. The van der Waals surface area contributed by atoms with E-state index in [4.69, 9.17) is 5.11 Å². The lowest BCUT2D eigenvalue weighted by Crippen LogP contribution is -2.15. The van der Waals surface area contributed by atoms with Crippen LogP contribution in [0.25, 0.3) is 0 Å². The molecule has 0 aliphatic heterocycles. The number of aryl methyl sites for hydroxylation is 1. The molecule has 0 saturated carbocycles. The largest absolute Gasteiger partial charge is 0.476 e. The topological polar surface area (TPSA) is 79.3 Å². The number of carboxylic acids is 1. The second-order valence-corrected chi connectivity index (χ2v) is 4.70. The zero-order valence-corrected chi connectivity index (χ0v) is 11.0. The molecule has 6 heteroatoms. The molecule has 2 N–H and O–H groups in total. The van der Waals surface area contributed by atoms with Gasteiger partial charge in [-0.2, -0.15) is 0 Å². The van der Waals surface area contributed by atoms with Crippen LogP contribution >= 0.6 is 11.3 Å².